The lowest BCUT2D eigenvalue weighted by atomic mass is 9.85. The largest absolute Gasteiger partial charge is 0.294 e. The summed E-state index contributed by atoms with van der Waals surface area (Å²) in [6.45, 7) is 14.1. The molecule has 9 rings (SSSR count). The third-order valence-corrected chi connectivity index (χ3v) is 14.8. The van der Waals surface area contributed by atoms with Crippen molar-refractivity contribution in [1.82, 2.24) is 9.55 Å². The Labute approximate surface area is 325 Å². The fraction of sp³-hybridized carbons (Fsp3) is 0.163. The van der Waals surface area contributed by atoms with E-state index in [1.54, 1.807) is 0 Å². The number of rotatable bonds is 8. The highest BCUT2D eigenvalue weighted by Gasteiger charge is 2.32. The van der Waals surface area contributed by atoms with E-state index in [4.69, 9.17) is 9.92 Å². The number of pyridine rings is 1. The van der Waals surface area contributed by atoms with Gasteiger partial charge in [0.05, 0.1) is 33.8 Å². The Kier molecular flexibility index (Phi) is 8.68. The Morgan fingerprint density at radius 2 is 1.13 bits per heavy atom. The van der Waals surface area contributed by atoms with Crippen LogP contribution in [0.4, 0.5) is 22.7 Å². The molecule has 0 bridgehead atoms. The molecule has 0 aliphatic carbocycles. The van der Waals surface area contributed by atoms with E-state index in [-0.39, 0.29) is 0 Å². The Morgan fingerprint density at radius 1 is 0.527 bits per heavy atom. The molecule has 0 unspecified atom stereocenters. The highest BCUT2D eigenvalue weighted by atomic mass is 28.3. The molecule has 0 radical (unpaired) electrons. The van der Waals surface area contributed by atoms with Crippen LogP contribution in [0.1, 0.15) is 50.7 Å². The molecule has 272 valence electrons. The molecule has 6 heteroatoms. The van der Waals surface area contributed by atoms with Gasteiger partial charge >= 0.3 is 0 Å². The summed E-state index contributed by atoms with van der Waals surface area (Å²) in [7, 11) is -2.23. The molecule has 0 atom stereocenters. The molecule has 3 heterocycles. The first-order chi connectivity index (χ1) is 26.7. The number of hydrogen-bond donors (Lipinski definition) is 0. The van der Waals surface area contributed by atoms with E-state index < -0.39 is 8.07 Å². The lowest BCUT2D eigenvalue weighted by Gasteiger charge is -2.26. The quantitative estimate of drug-likeness (QED) is 0.146. The zero-order valence-corrected chi connectivity index (χ0v) is 33.4. The van der Waals surface area contributed by atoms with E-state index in [9.17, 15) is 0 Å². The summed E-state index contributed by atoms with van der Waals surface area (Å²) in [5, 5.41) is 9.02. The molecule has 2 aromatic heterocycles. The molecular weight excluding hydrogens is 689 g/mol. The monoisotopic (exact) mass is 734 g/mol. The van der Waals surface area contributed by atoms with Crippen LogP contribution in [-0.4, -0.2) is 17.6 Å². The number of aromatic nitrogens is 2. The van der Waals surface area contributed by atoms with Gasteiger partial charge in [0.1, 0.15) is 13.9 Å². The van der Waals surface area contributed by atoms with Crippen LogP contribution in [0.3, 0.4) is 0 Å². The van der Waals surface area contributed by atoms with Gasteiger partial charge in [-0.15, -0.1) is 4.94 Å². The van der Waals surface area contributed by atoms with Crippen LogP contribution in [0.25, 0.3) is 38.8 Å². The van der Waals surface area contributed by atoms with Crippen molar-refractivity contribution in [1.29, 1.82) is 0 Å². The van der Waals surface area contributed by atoms with E-state index in [2.05, 4.69) is 179 Å². The van der Waals surface area contributed by atoms with Crippen molar-refractivity contribution in [3.05, 3.63) is 169 Å². The Balaban J connectivity index is 1.15. The van der Waals surface area contributed by atoms with Gasteiger partial charge in [0.2, 0.25) is 0 Å². The van der Waals surface area contributed by atoms with E-state index >= 15 is 0 Å². The second kappa shape index (κ2) is 13.7. The predicted molar refractivity (Wildman–Crippen MR) is 234 cm³/mol. The summed E-state index contributed by atoms with van der Waals surface area (Å²) < 4.78 is 2.37. The molecule has 1 aliphatic heterocycles. The van der Waals surface area contributed by atoms with Crippen molar-refractivity contribution in [2.75, 3.05) is 10.1 Å². The Bertz CT molecular complexity index is 2670. The summed E-state index contributed by atoms with van der Waals surface area (Å²) in [6.07, 6.45) is 1.98. The van der Waals surface area contributed by atoms with Crippen LogP contribution in [0.15, 0.2) is 158 Å². The van der Waals surface area contributed by atoms with Gasteiger partial charge in [-0.2, -0.15) is 10.1 Å². The van der Waals surface area contributed by atoms with Crippen molar-refractivity contribution in [3.8, 4) is 16.9 Å². The molecule has 1 aliphatic rings. The van der Waals surface area contributed by atoms with Crippen LogP contribution < -0.4 is 20.5 Å². The molecule has 0 spiro atoms. The van der Waals surface area contributed by atoms with Crippen LogP contribution >= 0.6 is 0 Å². The van der Waals surface area contributed by atoms with Crippen molar-refractivity contribution in [2.45, 2.75) is 52.6 Å². The number of para-hydroxylation sites is 4. The van der Waals surface area contributed by atoms with Gasteiger partial charge in [-0.25, -0.2) is 4.98 Å². The lowest BCUT2D eigenvalue weighted by molar-refractivity contribution is 0.156. The maximum Gasteiger partial charge on any atom is 0.138 e. The van der Waals surface area contributed by atoms with Crippen LogP contribution in [-0.2, 0) is 4.94 Å². The number of fused-ring (bicyclic) bond motifs is 4. The van der Waals surface area contributed by atoms with E-state index in [1.165, 1.54) is 48.9 Å². The minimum absolute atomic E-state index is 0.404. The molecule has 0 saturated heterocycles. The normalized spacial score (nSPS) is 13.1. The summed E-state index contributed by atoms with van der Waals surface area (Å²) in [5.74, 6) is 1.74. The van der Waals surface area contributed by atoms with Crippen LogP contribution in [0, 0.1) is 0 Å². The molecule has 0 amide bonds. The van der Waals surface area contributed by atoms with Gasteiger partial charge in [-0.3, -0.25) is 4.57 Å². The molecule has 8 aromatic rings. The minimum Gasteiger partial charge on any atom is -0.294 e. The number of anilines is 4. The molecule has 55 heavy (non-hydrogen) atoms. The highest BCUT2D eigenvalue weighted by molar-refractivity contribution is 7.00. The highest BCUT2D eigenvalue weighted by Crippen LogP contribution is 2.45. The van der Waals surface area contributed by atoms with Gasteiger partial charge in [0.25, 0.3) is 0 Å². The molecule has 0 saturated carbocycles. The number of benzene rings is 6. The molecular formula is C49H46N4OSi. The van der Waals surface area contributed by atoms with Crippen molar-refractivity contribution < 1.29 is 4.94 Å². The van der Waals surface area contributed by atoms with Crippen molar-refractivity contribution in [2.24, 2.45) is 0 Å². The average Bonchev–Trinajstić information content (AvgIpc) is 3.77. The fourth-order valence-electron chi connectivity index (χ4n) is 8.29. The fourth-order valence-corrected chi connectivity index (χ4v) is 10.6. The maximum absolute atomic E-state index is 6.59. The zero-order valence-electron chi connectivity index (χ0n) is 32.4. The van der Waals surface area contributed by atoms with E-state index in [0.717, 1.165) is 34.1 Å². The van der Waals surface area contributed by atoms with Crippen molar-refractivity contribution >= 4 is 63.0 Å². The second-order valence-corrected chi connectivity index (χ2v) is 20.2. The van der Waals surface area contributed by atoms with Crippen LogP contribution in [0.5, 0.6) is 0 Å². The lowest BCUT2D eigenvalue weighted by Crippen LogP contribution is -2.52. The Hall–Kier alpha value is -5.95. The summed E-state index contributed by atoms with van der Waals surface area (Å²) in [5.41, 5.74) is 11.6. The van der Waals surface area contributed by atoms with Gasteiger partial charge in [-0.05, 0) is 94.8 Å². The van der Waals surface area contributed by atoms with E-state index in [0.29, 0.717) is 11.8 Å². The Morgan fingerprint density at radius 3 is 1.85 bits per heavy atom. The SMILES string of the molecule is CC(C)c1cccc(C(C)C)c1-c1ccnc(-n2c3ccccc3c3ccc([Si](C)(C)c4cccc(N5ON(c6ccccc6)c6ccccc65)c4)cc32)c1. The summed E-state index contributed by atoms with van der Waals surface area (Å²) in [4.78, 5) is 11.6. The van der Waals surface area contributed by atoms with Gasteiger partial charge in [0, 0.05) is 17.0 Å². The molecule has 0 N–H and O–H groups in total. The zero-order chi connectivity index (χ0) is 37.8. The predicted octanol–water partition coefficient (Wildman–Crippen LogP) is 12.1. The first kappa shape index (κ1) is 34.8. The van der Waals surface area contributed by atoms with Gasteiger partial charge in [-0.1, -0.05) is 142 Å². The maximum atomic E-state index is 6.59. The summed E-state index contributed by atoms with van der Waals surface area (Å²) in [6, 6.07) is 54.6. The first-order valence-electron chi connectivity index (χ1n) is 19.4. The standard InChI is InChI=1S/C49H46N4OSi/c1-33(2)40-21-15-22-41(34(3)4)49(40)35-28-29-50-48(30-35)51-44-23-11-10-20-42(44)43-27-26-39(32-47(43)51)55(5,6)38-19-14-18-37(31-38)53-46-25-13-12-24-45(46)52(54-53)36-16-8-7-9-17-36/h7-34H,1-6H3. The molecule has 5 nitrogen and oxygen atoms in total. The minimum atomic E-state index is -2.23. The average molecular weight is 735 g/mol. The van der Waals surface area contributed by atoms with Crippen molar-refractivity contribution in [3.63, 3.8) is 0 Å². The van der Waals surface area contributed by atoms with Gasteiger partial charge < -0.3 is 0 Å². The first-order valence-corrected chi connectivity index (χ1v) is 22.4. The second-order valence-electron chi connectivity index (χ2n) is 15.8. The molecule has 0 fully saturated rings. The number of hydrogen-bond acceptors (Lipinski definition) is 4. The number of nitrogens with zero attached hydrogens (tertiary/aromatic N) is 4. The van der Waals surface area contributed by atoms with Crippen LogP contribution in [0.2, 0.25) is 13.1 Å². The van der Waals surface area contributed by atoms with Gasteiger partial charge in [0.15, 0.2) is 0 Å². The third kappa shape index (κ3) is 5.93. The molecule has 6 aromatic carbocycles. The third-order valence-electron chi connectivity index (χ3n) is 11.3. The smallest absolute Gasteiger partial charge is 0.138 e. The topological polar surface area (TPSA) is 33.5 Å². The summed E-state index contributed by atoms with van der Waals surface area (Å²) >= 11 is 0. The van der Waals surface area contributed by atoms with E-state index in [1.807, 2.05) is 34.5 Å².